The van der Waals surface area contributed by atoms with Crippen molar-refractivity contribution in [1.29, 1.82) is 0 Å². The Morgan fingerprint density at radius 2 is 2.22 bits per heavy atom. The molecule has 2 fully saturated rings. The second-order valence-electron chi connectivity index (χ2n) is 5.96. The number of aryl methyl sites for hydroxylation is 1. The highest BCUT2D eigenvalue weighted by atomic mass is 32.1. The van der Waals surface area contributed by atoms with Crippen LogP contribution in [0.15, 0.2) is 11.4 Å². The maximum atomic E-state index is 3.64. The molecule has 2 heterocycles. The van der Waals surface area contributed by atoms with Crippen molar-refractivity contribution in [2.45, 2.75) is 45.2 Å². The first-order valence-corrected chi connectivity index (χ1v) is 8.18. The topological polar surface area (TPSA) is 15.3 Å². The Kier molecular flexibility index (Phi) is 4.02. The maximum absolute atomic E-state index is 3.64. The van der Waals surface area contributed by atoms with Crippen LogP contribution in [0.5, 0.6) is 0 Å². The Hall–Kier alpha value is -0.380. The molecule has 100 valence electrons. The Morgan fingerprint density at radius 1 is 1.33 bits per heavy atom. The second kappa shape index (κ2) is 5.72. The number of hydrogen-bond donors (Lipinski definition) is 1. The van der Waals surface area contributed by atoms with Crippen LogP contribution in [0, 0.1) is 12.8 Å². The van der Waals surface area contributed by atoms with E-state index in [0.29, 0.717) is 0 Å². The Labute approximate surface area is 114 Å². The molecular formula is C15H24N2S. The molecule has 3 heteroatoms. The van der Waals surface area contributed by atoms with Crippen molar-refractivity contribution >= 4 is 11.3 Å². The van der Waals surface area contributed by atoms with Gasteiger partial charge < -0.3 is 5.32 Å². The molecular weight excluding hydrogens is 240 g/mol. The fourth-order valence-electron chi connectivity index (χ4n) is 2.86. The number of nitrogens with zero attached hydrogens (tertiary/aromatic N) is 1. The number of nitrogens with one attached hydrogen (secondary N) is 1. The van der Waals surface area contributed by atoms with Crippen molar-refractivity contribution in [2.75, 3.05) is 19.6 Å². The third-order valence-corrected chi connectivity index (χ3v) is 5.20. The van der Waals surface area contributed by atoms with E-state index in [1.807, 2.05) is 11.3 Å². The van der Waals surface area contributed by atoms with Crippen LogP contribution < -0.4 is 5.32 Å². The van der Waals surface area contributed by atoms with Crippen molar-refractivity contribution in [1.82, 2.24) is 10.2 Å². The first-order chi connectivity index (χ1) is 8.81. The molecule has 0 radical (unpaired) electrons. The van der Waals surface area contributed by atoms with Crippen LogP contribution in [0.4, 0.5) is 0 Å². The predicted molar refractivity (Wildman–Crippen MR) is 78.1 cm³/mol. The second-order valence-corrected chi connectivity index (χ2v) is 6.96. The highest BCUT2D eigenvalue weighted by molar-refractivity contribution is 7.10. The van der Waals surface area contributed by atoms with Gasteiger partial charge in [0.15, 0.2) is 0 Å². The van der Waals surface area contributed by atoms with Gasteiger partial charge in [-0.05, 0) is 62.1 Å². The lowest BCUT2D eigenvalue weighted by Crippen LogP contribution is -2.38. The van der Waals surface area contributed by atoms with E-state index >= 15 is 0 Å². The van der Waals surface area contributed by atoms with Gasteiger partial charge in [-0.2, -0.15) is 0 Å². The molecule has 0 aromatic carbocycles. The van der Waals surface area contributed by atoms with Crippen LogP contribution in [-0.4, -0.2) is 30.6 Å². The van der Waals surface area contributed by atoms with Gasteiger partial charge in [0.25, 0.3) is 0 Å². The normalized spacial score (nSPS) is 24.0. The monoisotopic (exact) mass is 264 g/mol. The Bertz CT molecular complexity index is 378. The van der Waals surface area contributed by atoms with E-state index in [0.717, 1.165) is 18.5 Å². The summed E-state index contributed by atoms with van der Waals surface area (Å²) in [7, 11) is 0. The average Bonchev–Trinajstić information content (AvgIpc) is 2.84. The van der Waals surface area contributed by atoms with E-state index < -0.39 is 0 Å². The smallest absolute Gasteiger partial charge is 0.0331 e. The quantitative estimate of drug-likeness (QED) is 0.849. The van der Waals surface area contributed by atoms with Crippen LogP contribution >= 0.6 is 11.3 Å². The molecule has 1 aliphatic carbocycles. The van der Waals surface area contributed by atoms with Crippen LogP contribution in [0.1, 0.15) is 36.1 Å². The Balaban J connectivity index is 1.59. The molecule has 2 nitrogen and oxygen atoms in total. The fourth-order valence-corrected chi connectivity index (χ4v) is 3.81. The fraction of sp³-hybridized carbons (Fsp3) is 0.733. The van der Waals surface area contributed by atoms with E-state index in [1.165, 1.54) is 50.9 Å². The zero-order chi connectivity index (χ0) is 12.4. The van der Waals surface area contributed by atoms with E-state index in [1.54, 1.807) is 4.88 Å². The lowest BCUT2D eigenvalue weighted by atomic mass is 10.2. The zero-order valence-corrected chi connectivity index (χ0v) is 12.1. The summed E-state index contributed by atoms with van der Waals surface area (Å²) < 4.78 is 0. The van der Waals surface area contributed by atoms with E-state index in [9.17, 15) is 0 Å². The molecule has 1 atom stereocenters. The Morgan fingerprint density at radius 3 is 2.83 bits per heavy atom. The van der Waals surface area contributed by atoms with Gasteiger partial charge in [0.1, 0.15) is 0 Å². The van der Waals surface area contributed by atoms with Crippen molar-refractivity contribution in [2.24, 2.45) is 5.92 Å². The van der Waals surface area contributed by atoms with Crippen molar-refractivity contribution in [3.05, 3.63) is 21.9 Å². The summed E-state index contributed by atoms with van der Waals surface area (Å²) in [5.41, 5.74) is 1.47. The molecule has 0 spiro atoms. The maximum Gasteiger partial charge on any atom is 0.0331 e. The predicted octanol–water partition coefficient (Wildman–Crippen LogP) is 3.02. The first kappa shape index (κ1) is 12.6. The lowest BCUT2D eigenvalue weighted by Gasteiger charge is -2.25. The van der Waals surface area contributed by atoms with Gasteiger partial charge in [-0.1, -0.05) is 0 Å². The van der Waals surface area contributed by atoms with Gasteiger partial charge in [0.2, 0.25) is 0 Å². The minimum Gasteiger partial charge on any atom is -0.313 e. The van der Waals surface area contributed by atoms with Gasteiger partial charge in [0.05, 0.1) is 0 Å². The summed E-state index contributed by atoms with van der Waals surface area (Å²) >= 11 is 1.92. The number of thiophene rings is 1. The van der Waals surface area contributed by atoms with Gasteiger partial charge in [0, 0.05) is 30.6 Å². The standard InChI is InChI=1S/C15H24N2S/c1-12-6-8-18-15(12)11-17(9-13-4-5-13)10-14-3-2-7-16-14/h6,8,13-14,16H,2-5,7,9-11H2,1H3. The number of hydrogen-bond acceptors (Lipinski definition) is 3. The highest BCUT2D eigenvalue weighted by Gasteiger charge is 2.26. The summed E-state index contributed by atoms with van der Waals surface area (Å²) in [6.07, 6.45) is 5.64. The SMILES string of the molecule is Cc1ccsc1CN(CC1CC1)CC1CCCN1. The third kappa shape index (κ3) is 3.34. The van der Waals surface area contributed by atoms with Gasteiger partial charge >= 0.3 is 0 Å². The average molecular weight is 264 g/mol. The summed E-state index contributed by atoms with van der Waals surface area (Å²) in [5.74, 6) is 0.992. The van der Waals surface area contributed by atoms with Crippen molar-refractivity contribution in [3.63, 3.8) is 0 Å². The van der Waals surface area contributed by atoms with Gasteiger partial charge in [-0.15, -0.1) is 11.3 Å². The zero-order valence-electron chi connectivity index (χ0n) is 11.3. The summed E-state index contributed by atoms with van der Waals surface area (Å²) in [6, 6.07) is 2.99. The van der Waals surface area contributed by atoms with Crippen LogP contribution in [0.25, 0.3) is 0 Å². The number of rotatable bonds is 6. The summed E-state index contributed by atoms with van der Waals surface area (Å²) in [5, 5.41) is 5.87. The molecule has 1 aromatic rings. The molecule has 2 aliphatic rings. The van der Waals surface area contributed by atoms with Crippen LogP contribution in [0.2, 0.25) is 0 Å². The molecule has 1 aromatic heterocycles. The van der Waals surface area contributed by atoms with Crippen molar-refractivity contribution < 1.29 is 0 Å². The van der Waals surface area contributed by atoms with E-state index in [2.05, 4.69) is 28.6 Å². The minimum absolute atomic E-state index is 0.740. The molecule has 3 rings (SSSR count). The van der Waals surface area contributed by atoms with Gasteiger partial charge in [-0.3, -0.25) is 4.90 Å². The summed E-state index contributed by atoms with van der Waals surface area (Å²) in [4.78, 5) is 4.26. The first-order valence-electron chi connectivity index (χ1n) is 7.30. The molecule has 1 aliphatic heterocycles. The minimum atomic E-state index is 0.740. The summed E-state index contributed by atoms with van der Waals surface area (Å²) in [6.45, 7) is 7.19. The van der Waals surface area contributed by atoms with Crippen LogP contribution in [-0.2, 0) is 6.54 Å². The van der Waals surface area contributed by atoms with Crippen molar-refractivity contribution in [3.8, 4) is 0 Å². The third-order valence-electron chi connectivity index (χ3n) is 4.19. The molecule has 1 unspecified atom stereocenters. The molecule has 1 N–H and O–H groups in total. The largest absolute Gasteiger partial charge is 0.313 e. The molecule has 0 bridgehead atoms. The lowest BCUT2D eigenvalue weighted by molar-refractivity contribution is 0.233. The molecule has 1 saturated carbocycles. The molecule has 18 heavy (non-hydrogen) atoms. The van der Waals surface area contributed by atoms with Gasteiger partial charge in [-0.25, -0.2) is 0 Å². The van der Waals surface area contributed by atoms with Crippen LogP contribution in [0.3, 0.4) is 0 Å². The molecule has 1 saturated heterocycles. The highest BCUT2D eigenvalue weighted by Crippen LogP contribution is 2.31. The van der Waals surface area contributed by atoms with E-state index in [4.69, 9.17) is 0 Å². The molecule has 0 amide bonds. The van der Waals surface area contributed by atoms with E-state index in [-0.39, 0.29) is 0 Å².